The molecule has 0 saturated carbocycles. The van der Waals surface area contributed by atoms with Crippen molar-refractivity contribution in [2.75, 3.05) is 7.11 Å². The number of aromatic nitrogens is 1. The van der Waals surface area contributed by atoms with Gasteiger partial charge in [0.2, 0.25) is 0 Å². The Bertz CT molecular complexity index is 971. The van der Waals surface area contributed by atoms with Crippen LogP contribution in [0.3, 0.4) is 0 Å². The second-order valence-corrected chi connectivity index (χ2v) is 6.43. The summed E-state index contributed by atoms with van der Waals surface area (Å²) in [6.07, 6.45) is 0. The van der Waals surface area contributed by atoms with Crippen LogP contribution in [0.25, 0.3) is 10.9 Å². The molecule has 5 heteroatoms. The lowest BCUT2D eigenvalue weighted by molar-refractivity contribution is -0.137. The second-order valence-electron chi connectivity index (χ2n) is 6.02. The van der Waals surface area contributed by atoms with Crippen LogP contribution in [0.1, 0.15) is 22.4 Å². The maximum Gasteiger partial charge on any atom is 0.323 e. The molecule has 1 N–H and O–H groups in total. The summed E-state index contributed by atoms with van der Waals surface area (Å²) in [5.41, 5.74) is 4.67. The van der Waals surface area contributed by atoms with Gasteiger partial charge in [0.05, 0.1) is 17.5 Å². The van der Waals surface area contributed by atoms with E-state index in [2.05, 4.69) is 0 Å². The fraction of sp³-hybridized carbons (Fsp3) is 0.200. The van der Waals surface area contributed by atoms with Gasteiger partial charge >= 0.3 is 5.97 Å². The second kappa shape index (κ2) is 6.69. The van der Waals surface area contributed by atoms with Crippen molar-refractivity contribution in [3.63, 3.8) is 0 Å². The quantitative estimate of drug-likeness (QED) is 0.554. The van der Waals surface area contributed by atoms with Gasteiger partial charge in [-0.05, 0) is 31.5 Å². The molecule has 0 saturated heterocycles. The molecule has 4 nitrogen and oxygen atoms in total. The van der Waals surface area contributed by atoms with Crippen molar-refractivity contribution in [1.29, 1.82) is 0 Å². The van der Waals surface area contributed by atoms with E-state index in [1.54, 1.807) is 11.7 Å². The first-order valence-corrected chi connectivity index (χ1v) is 8.33. The van der Waals surface area contributed by atoms with Crippen LogP contribution in [0.5, 0.6) is 5.75 Å². The van der Waals surface area contributed by atoms with E-state index in [0.717, 1.165) is 32.6 Å². The highest BCUT2D eigenvalue weighted by Gasteiger charge is 2.20. The third-order valence-electron chi connectivity index (χ3n) is 4.37. The lowest BCUT2D eigenvalue weighted by Crippen LogP contribution is -2.11. The lowest BCUT2D eigenvalue weighted by atomic mass is 10.0. The summed E-state index contributed by atoms with van der Waals surface area (Å²) in [5.74, 6) is -0.208. The number of fused-ring (bicyclic) bond motifs is 1. The molecule has 0 spiro atoms. The van der Waals surface area contributed by atoms with Crippen LogP contribution in [0.2, 0.25) is 0 Å². The minimum atomic E-state index is -0.893. The number of aryl methyl sites for hydroxylation is 1. The third-order valence-corrected chi connectivity index (χ3v) is 4.81. The minimum absolute atomic E-state index is 0.119. The molecule has 3 rings (SSSR count). The molecule has 128 valence electrons. The summed E-state index contributed by atoms with van der Waals surface area (Å²) in [5, 5.41) is 10.2. The molecule has 0 aliphatic rings. The van der Waals surface area contributed by atoms with E-state index in [-0.39, 0.29) is 6.54 Å². The predicted molar refractivity (Wildman–Crippen MR) is 103 cm³/mol. The number of benzene rings is 2. The Morgan fingerprint density at radius 3 is 2.44 bits per heavy atom. The number of ether oxygens (including phenoxy) is 1. The number of methoxy groups -OCH3 is 1. The molecular weight excluding hydrogens is 334 g/mol. The fourth-order valence-corrected chi connectivity index (χ4v) is 3.45. The van der Waals surface area contributed by atoms with Crippen LogP contribution in [0.15, 0.2) is 42.5 Å². The molecule has 0 atom stereocenters. The van der Waals surface area contributed by atoms with Crippen LogP contribution in [0.4, 0.5) is 0 Å². The van der Waals surface area contributed by atoms with Crippen molar-refractivity contribution < 1.29 is 14.6 Å². The highest BCUT2D eigenvalue weighted by Crippen LogP contribution is 2.31. The Kier molecular flexibility index (Phi) is 4.59. The Balaban J connectivity index is 2.23. The van der Waals surface area contributed by atoms with E-state index in [1.165, 1.54) is 5.56 Å². The van der Waals surface area contributed by atoms with Gasteiger partial charge < -0.3 is 14.4 Å². The van der Waals surface area contributed by atoms with E-state index in [0.29, 0.717) is 5.75 Å². The zero-order chi connectivity index (χ0) is 18.1. The molecule has 2 aromatic carbocycles. The molecule has 0 radical (unpaired) electrons. The smallest absolute Gasteiger partial charge is 0.323 e. The molecule has 0 aliphatic heterocycles. The maximum atomic E-state index is 11.3. The van der Waals surface area contributed by atoms with E-state index < -0.39 is 5.97 Å². The number of aliphatic carboxylic acids is 1. The van der Waals surface area contributed by atoms with Crippen molar-refractivity contribution >= 4 is 34.0 Å². The van der Waals surface area contributed by atoms with Crippen molar-refractivity contribution in [3.05, 3.63) is 64.8 Å². The first kappa shape index (κ1) is 17.2. The summed E-state index contributed by atoms with van der Waals surface area (Å²) < 4.78 is 7.07. The number of hydrogen-bond donors (Lipinski definition) is 1. The molecule has 1 heterocycles. The Hall–Kier alpha value is -2.66. The standard InChI is InChI=1S/C20H19NO3S/c1-12-4-6-14(7-5-12)20(25)19-13(2)21(11-18(22)23)17-10-15(24-3)8-9-16(17)19/h4-10H,11H2,1-3H3,(H,22,23). The summed E-state index contributed by atoms with van der Waals surface area (Å²) in [6.45, 7) is 3.82. The average molecular weight is 353 g/mol. The topological polar surface area (TPSA) is 51.5 Å². The number of thiocarbonyl (C=S) groups is 1. The number of carbonyl (C=O) groups is 1. The van der Waals surface area contributed by atoms with Crippen LogP contribution in [-0.2, 0) is 11.3 Å². The van der Waals surface area contributed by atoms with Gasteiger partial charge in [-0.1, -0.05) is 42.0 Å². The third kappa shape index (κ3) is 3.15. The van der Waals surface area contributed by atoms with Crippen molar-refractivity contribution in [3.8, 4) is 5.75 Å². The van der Waals surface area contributed by atoms with Crippen molar-refractivity contribution in [1.82, 2.24) is 4.57 Å². The zero-order valence-electron chi connectivity index (χ0n) is 14.4. The normalized spacial score (nSPS) is 10.8. The molecule has 0 bridgehead atoms. The fourth-order valence-electron chi connectivity index (χ4n) is 3.06. The van der Waals surface area contributed by atoms with Gasteiger partial charge in [0.25, 0.3) is 0 Å². The minimum Gasteiger partial charge on any atom is -0.497 e. The molecule has 3 aromatic rings. The molecule has 0 amide bonds. The van der Waals surface area contributed by atoms with Gasteiger partial charge in [-0.25, -0.2) is 0 Å². The summed E-state index contributed by atoms with van der Waals surface area (Å²) in [4.78, 5) is 12.0. The number of rotatable bonds is 5. The highest BCUT2D eigenvalue weighted by atomic mass is 32.1. The Labute approximate surface area is 151 Å². The van der Waals surface area contributed by atoms with E-state index in [4.69, 9.17) is 17.0 Å². The first-order chi connectivity index (χ1) is 11.9. The number of nitrogens with zero attached hydrogens (tertiary/aromatic N) is 1. The SMILES string of the molecule is COc1ccc2c(C(=S)c3ccc(C)cc3)c(C)n(CC(=O)O)c2c1. The van der Waals surface area contributed by atoms with Gasteiger partial charge in [-0.3, -0.25) is 4.79 Å². The van der Waals surface area contributed by atoms with E-state index in [9.17, 15) is 9.90 Å². The molecular formula is C20H19NO3S. The van der Waals surface area contributed by atoms with Gasteiger partial charge in [0.15, 0.2) is 0 Å². The maximum absolute atomic E-state index is 11.3. The van der Waals surface area contributed by atoms with Crippen molar-refractivity contribution in [2.45, 2.75) is 20.4 Å². The summed E-state index contributed by atoms with van der Waals surface area (Å²) in [7, 11) is 1.59. The van der Waals surface area contributed by atoms with E-state index in [1.807, 2.05) is 56.3 Å². The number of carboxylic acid groups (broad SMARTS) is 1. The summed E-state index contributed by atoms with van der Waals surface area (Å²) in [6, 6.07) is 13.7. The number of hydrogen-bond acceptors (Lipinski definition) is 3. The zero-order valence-corrected chi connectivity index (χ0v) is 15.2. The average Bonchev–Trinajstić information content (AvgIpc) is 2.86. The molecule has 0 unspecified atom stereocenters. The molecule has 0 fully saturated rings. The first-order valence-electron chi connectivity index (χ1n) is 7.92. The van der Waals surface area contributed by atoms with Crippen LogP contribution in [0, 0.1) is 13.8 Å². The number of carboxylic acids is 1. The van der Waals surface area contributed by atoms with Gasteiger partial charge in [0, 0.05) is 22.7 Å². The van der Waals surface area contributed by atoms with Gasteiger partial charge in [0.1, 0.15) is 12.3 Å². The van der Waals surface area contributed by atoms with Crippen LogP contribution in [-0.4, -0.2) is 27.6 Å². The molecule has 0 aliphatic carbocycles. The highest BCUT2D eigenvalue weighted by molar-refractivity contribution is 7.81. The van der Waals surface area contributed by atoms with E-state index >= 15 is 0 Å². The largest absolute Gasteiger partial charge is 0.497 e. The Morgan fingerprint density at radius 2 is 1.84 bits per heavy atom. The van der Waals surface area contributed by atoms with Crippen molar-refractivity contribution in [2.24, 2.45) is 0 Å². The van der Waals surface area contributed by atoms with Crippen LogP contribution < -0.4 is 4.74 Å². The van der Waals surface area contributed by atoms with Gasteiger partial charge in [-0.15, -0.1) is 0 Å². The van der Waals surface area contributed by atoms with Crippen LogP contribution >= 0.6 is 12.2 Å². The van der Waals surface area contributed by atoms with Gasteiger partial charge in [-0.2, -0.15) is 0 Å². The molecule has 1 aromatic heterocycles. The Morgan fingerprint density at radius 1 is 1.16 bits per heavy atom. The summed E-state index contributed by atoms with van der Waals surface area (Å²) >= 11 is 5.74. The predicted octanol–water partition coefficient (Wildman–Crippen LogP) is 4.12. The molecule has 25 heavy (non-hydrogen) atoms. The lowest BCUT2D eigenvalue weighted by Gasteiger charge is -2.07. The monoisotopic (exact) mass is 353 g/mol.